The molecule has 0 aliphatic carbocycles. The third kappa shape index (κ3) is 3.37. The summed E-state index contributed by atoms with van der Waals surface area (Å²) in [7, 11) is 1.63. The number of aromatic hydroxyl groups is 1. The standard InChI is InChI=1S/C24H21NO3/c1-15-12-16(2)14-18(13-15)25-22(17-8-10-19(27-3)11-9-17)24-23(26)20-6-4-5-7-21(20)28-24/h4-14,26H,1-3H3. The number of rotatable bonds is 4. The Morgan fingerprint density at radius 1 is 0.929 bits per heavy atom. The number of aryl methyl sites for hydroxylation is 2. The van der Waals surface area contributed by atoms with E-state index in [-0.39, 0.29) is 5.75 Å². The molecule has 28 heavy (non-hydrogen) atoms. The van der Waals surface area contributed by atoms with Gasteiger partial charge in [-0.2, -0.15) is 0 Å². The van der Waals surface area contributed by atoms with Gasteiger partial charge in [0.15, 0.2) is 11.5 Å². The fraction of sp³-hybridized carbons (Fsp3) is 0.125. The van der Waals surface area contributed by atoms with Crippen LogP contribution in [0.5, 0.6) is 11.5 Å². The fourth-order valence-corrected chi connectivity index (χ4v) is 3.33. The summed E-state index contributed by atoms with van der Waals surface area (Å²) < 4.78 is 11.3. The van der Waals surface area contributed by atoms with Crippen LogP contribution < -0.4 is 4.74 Å². The van der Waals surface area contributed by atoms with Crippen molar-refractivity contribution in [3.63, 3.8) is 0 Å². The van der Waals surface area contributed by atoms with Gasteiger partial charge in [-0.15, -0.1) is 0 Å². The Morgan fingerprint density at radius 2 is 1.61 bits per heavy atom. The molecule has 3 aromatic carbocycles. The van der Waals surface area contributed by atoms with Crippen LogP contribution in [-0.2, 0) is 0 Å². The van der Waals surface area contributed by atoms with Crippen molar-refractivity contribution in [3.8, 4) is 11.5 Å². The minimum absolute atomic E-state index is 0.0922. The molecule has 4 rings (SSSR count). The molecule has 0 aliphatic heterocycles. The summed E-state index contributed by atoms with van der Waals surface area (Å²) in [5, 5.41) is 11.5. The van der Waals surface area contributed by atoms with E-state index in [0.717, 1.165) is 28.1 Å². The average molecular weight is 371 g/mol. The first kappa shape index (κ1) is 17.9. The van der Waals surface area contributed by atoms with Gasteiger partial charge in [0.25, 0.3) is 0 Å². The van der Waals surface area contributed by atoms with Gasteiger partial charge in [-0.1, -0.05) is 18.2 Å². The molecule has 0 unspecified atom stereocenters. The van der Waals surface area contributed by atoms with Crippen molar-refractivity contribution >= 4 is 22.4 Å². The summed E-state index contributed by atoms with van der Waals surface area (Å²) in [6, 6.07) is 21.1. The van der Waals surface area contributed by atoms with Crippen molar-refractivity contribution < 1.29 is 14.3 Å². The molecule has 0 atom stereocenters. The highest BCUT2D eigenvalue weighted by atomic mass is 16.5. The van der Waals surface area contributed by atoms with Crippen LogP contribution in [0.2, 0.25) is 0 Å². The number of hydrogen-bond donors (Lipinski definition) is 1. The third-order valence-corrected chi connectivity index (χ3v) is 4.60. The molecule has 0 saturated carbocycles. The molecule has 0 amide bonds. The number of aliphatic imine (C=N–C) groups is 1. The van der Waals surface area contributed by atoms with Crippen molar-refractivity contribution in [3.05, 3.63) is 89.2 Å². The highest BCUT2D eigenvalue weighted by Crippen LogP contribution is 2.35. The first-order valence-corrected chi connectivity index (χ1v) is 9.07. The topological polar surface area (TPSA) is 55.0 Å². The number of benzene rings is 3. The zero-order chi connectivity index (χ0) is 19.7. The van der Waals surface area contributed by atoms with Gasteiger partial charge in [0.2, 0.25) is 0 Å². The number of para-hydroxylation sites is 1. The molecular formula is C24H21NO3. The molecule has 0 fully saturated rings. The number of fused-ring (bicyclic) bond motifs is 1. The zero-order valence-electron chi connectivity index (χ0n) is 16.1. The van der Waals surface area contributed by atoms with Crippen molar-refractivity contribution in [2.75, 3.05) is 7.11 Å². The highest BCUT2D eigenvalue weighted by molar-refractivity contribution is 6.16. The summed E-state index contributed by atoms with van der Waals surface area (Å²) in [6.45, 7) is 4.08. The lowest BCUT2D eigenvalue weighted by Gasteiger charge is -2.08. The molecule has 1 aromatic heterocycles. The summed E-state index contributed by atoms with van der Waals surface area (Å²) >= 11 is 0. The SMILES string of the molecule is COc1ccc(C(=Nc2cc(C)cc(C)c2)c2oc3ccccc3c2O)cc1. The van der Waals surface area contributed by atoms with E-state index >= 15 is 0 Å². The second-order valence-corrected chi connectivity index (χ2v) is 6.81. The molecule has 4 heteroatoms. The number of methoxy groups -OCH3 is 1. The van der Waals surface area contributed by atoms with E-state index in [1.165, 1.54) is 0 Å². The van der Waals surface area contributed by atoms with Crippen LogP contribution in [0.3, 0.4) is 0 Å². The Balaban J connectivity index is 1.94. The molecule has 0 saturated heterocycles. The number of nitrogens with zero attached hydrogens (tertiary/aromatic N) is 1. The third-order valence-electron chi connectivity index (χ3n) is 4.60. The van der Waals surface area contributed by atoms with E-state index in [0.29, 0.717) is 22.4 Å². The van der Waals surface area contributed by atoms with Gasteiger partial charge in [0.1, 0.15) is 17.0 Å². The molecule has 0 radical (unpaired) electrons. The fourth-order valence-electron chi connectivity index (χ4n) is 3.33. The van der Waals surface area contributed by atoms with Crippen LogP contribution in [0, 0.1) is 13.8 Å². The Labute approximate surface area is 163 Å². The summed E-state index contributed by atoms with van der Waals surface area (Å²) in [6.07, 6.45) is 0. The largest absolute Gasteiger partial charge is 0.504 e. The van der Waals surface area contributed by atoms with Gasteiger partial charge in [-0.3, -0.25) is 0 Å². The number of ether oxygens (including phenoxy) is 1. The minimum atomic E-state index is 0.0922. The lowest BCUT2D eigenvalue weighted by atomic mass is 10.1. The van der Waals surface area contributed by atoms with Crippen LogP contribution in [0.25, 0.3) is 11.0 Å². The molecule has 1 heterocycles. The van der Waals surface area contributed by atoms with Gasteiger partial charge in [-0.05, 0) is 73.5 Å². The Kier molecular flexibility index (Phi) is 4.62. The number of furan rings is 1. The predicted molar refractivity (Wildman–Crippen MR) is 112 cm³/mol. The molecule has 140 valence electrons. The zero-order valence-corrected chi connectivity index (χ0v) is 16.1. The van der Waals surface area contributed by atoms with Crippen LogP contribution in [0.1, 0.15) is 22.5 Å². The van der Waals surface area contributed by atoms with Crippen molar-refractivity contribution in [1.29, 1.82) is 0 Å². The van der Waals surface area contributed by atoms with E-state index in [1.54, 1.807) is 7.11 Å². The quantitative estimate of drug-likeness (QED) is 0.452. The van der Waals surface area contributed by atoms with Crippen LogP contribution in [0.4, 0.5) is 5.69 Å². The Morgan fingerprint density at radius 3 is 2.25 bits per heavy atom. The summed E-state index contributed by atoms with van der Waals surface area (Å²) in [4.78, 5) is 4.85. The van der Waals surface area contributed by atoms with Crippen LogP contribution >= 0.6 is 0 Å². The molecule has 1 N–H and O–H groups in total. The maximum Gasteiger partial charge on any atom is 0.196 e. The first-order chi connectivity index (χ1) is 13.5. The van der Waals surface area contributed by atoms with Gasteiger partial charge in [0, 0.05) is 5.56 Å². The van der Waals surface area contributed by atoms with Crippen LogP contribution in [0.15, 0.2) is 76.1 Å². The Hall–Kier alpha value is -3.53. The van der Waals surface area contributed by atoms with Crippen molar-refractivity contribution in [2.45, 2.75) is 13.8 Å². The Bertz CT molecular complexity index is 1150. The van der Waals surface area contributed by atoms with E-state index < -0.39 is 0 Å². The molecular weight excluding hydrogens is 350 g/mol. The van der Waals surface area contributed by atoms with Crippen LogP contribution in [-0.4, -0.2) is 17.9 Å². The lowest BCUT2D eigenvalue weighted by molar-refractivity contribution is 0.415. The summed E-state index contributed by atoms with van der Waals surface area (Å²) in [5.74, 6) is 1.20. The number of hydrogen-bond acceptors (Lipinski definition) is 4. The van der Waals surface area contributed by atoms with Gasteiger partial charge in [0.05, 0.1) is 18.2 Å². The van der Waals surface area contributed by atoms with Gasteiger partial charge in [-0.25, -0.2) is 4.99 Å². The molecule has 0 aliphatic rings. The highest BCUT2D eigenvalue weighted by Gasteiger charge is 2.20. The van der Waals surface area contributed by atoms with E-state index in [1.807, 2.05) is 74.5 Å². The normalized spacial score (nSPS) is 11.8. The predicted octanol–water partition coefficient (Wildman–Crippen LogP) is 5.93. The van der Waals surface area contributed by atoms with E-state index in [9.17, 15) is 5.11 Å². The molecule has 0 bridgehead atoms. The van der Waals surface area contributed by atoms with Gasteiger partial charge >= 0.3 is 0 Å². The van der Waals surface area contributed by atoms with E-state index in [2.05, 4.69) is 6.07 Å². The smallest absolute Gasteiger partial charge is 0.196 e. The van der Waals surface area contributed by atoms with Crippen molar-refractivity contribution in [1.82, 2.24) is 0 Å². The molecule has 4 aromatic rings. The first-order valence-electron chi connectivity index (χ1n) is 9.07. The molecule has 0 spiro atoms. The second-order valence-electron chi connectivity index (χ2n) is 6.81. The molecule has 4 nitrogen and oxygen atoms in total. The lowest BCUT2D eigenvalue weighted by Crippen LogP contribution is -2.02. The summed E-state index contributed by atoms with van der Waals surface area (Å²) in [5.41, 5.74) is 5.08. The van der Waals surface area contributed by atoms with Crippen molar-refractivity contribution in [2.24, 2.45) is 4.99 Å². The minimum Gasteiger partial charge on any atom is -0.504 e. The van der Waals surface area contributed by atoms with Gasteiger partial charge < -0.3 is 14.3 Å². The maximum atomic E-state index is 10.8. The monoisotopic (exact) mass is 371 g/mol. The average Bonchev–Trinajstić information content (AvgIpc) is 3.02. The maximum absolute atomic E-state index is 10.8. The van der Waals surface area contributed by atoms with E-state index in [4.69, 9.17) is 14.1 Å². The second kappa shape index (κ2) is 7.24.